The third-order valence-corrected chi connectivity index (χ3v) is 6.71. The Bertz CT molecular complexity index is 1550. The lowest BCUT2D eigenvalue weighted by molar-refractivity contribution is -0.384. The van der Waals surface area contributed by atoms with Crippen LogP contribution in [0.3, 0.4) is 0 Å². The number of nitrogens with zero attached hydrogens (tertiary/aromatic N) is 3. The minimum Gasteiger partial charge on any atom is -0.286 e. The van der Waals surface area contributed by atoms with Crippen LogP contribution in [0.1, 0.15) is 28.6 Å². The Balaban J connectivity index is 1.73. The number of nitro benzene ring substituents is 1. The van der Waals surface area contributed by atoms with Crippen molar-refractivity contribution in [1.82, 2.24) is 9.55 Å². The zero-order chi connectivity index (χ0) is 23.3. The second-order valence-electron chi connectivity index (χ2n) is 8.42. The highest BCUT2D eigenvalue weighted by Crippen LogP contribution is 2.56. The van der Waals surface area contributed by atoms with E-state index in [4.69, 9.17) is 4.98 Å². The van der Waals surface area contributed by atoms with E-state index in [0.717, 1.165) is 16.7 Å². The Morgan fingerprint density at radius 3 is 1.91 bits per heavy atom. The average Bonchev–Trinajstić information content (AvgIpc) is 2.88. The molecular formula is C28H19N3O3. The van der Waals surface area contributed by atoms with Crippen molar-refractivity contribution < 1.29 is 4.92 Å². The highest BCUT2D eigenvalue weighted by Gasteiger charge is 2.57. The van der Waals surface area contributed by atoms with Gasteiger partial charge in [0.2, 0.25) is 0 Å². The fourth-order valence-electron chi connectivity index (χ4n) is 5.23. The van der Waals surface area contributed by atoms with Crippen LogP contribution in [0.15, 0.2) is 114 Å². The van der Waals surface area contributed by atoms with E-state index in [1.54, 1.807) is 22.8 Å². The van der Waals surface area contributed by atoms with Crippen molar-refractivity contribution >= 4 is 16.6 Å². The first-order valence-corrected chi connectivity index (χ1v) is 11.0. The van der Waals surface area contributed by atoms with E-state index in [9.17, 15) is 14.9 Å². The molecule has 1 aliphatic heterocycles. The fraction of sp³-hybridized carbons (Fsp3) is 0.0714. The molecule has 1 aliphatic rings. The number of hydrogen-bond acceptors (Lipinski definition) is 4. The lowest BCUT2D eigenvalue weighted by Gasteiger charge is -2.52. The maximum Gasteiger partial charge on any atom is 0.269 e. The molecule has 0 saturated carbocycles. The first-order valence-electron chi connectivity index (χ1n) is 11.0. The fourth-order valence-corrected chi connectivity index (χ4v) is 5.23. The van der Waals surface area contributed by atoms with E-state index in [1.165, 1.54) is 12.1 Å². The van der Waals surface area contributed by atoms with Gasteiger partial charge >= 0.3 is 0 Å². The van der Waals surface area contributed by atoms with Crippen LogP contribution in [0.2, 0.25) is 0 Å². The van der Waals surface area contributed by atoms with Gasteiger partial charge in [-0.3, -0.25) is 19.5 Å². The number of nitro groups is 1. The van der Waals surface area contributed by atoms with Crippen LogP contribution in [0.5, 0.6) is 0 Å². The molecule has 0 spiro atoms. The molecule has 0 aliphatic carbocycles. The van der Waals surface area contributed by atoms with Crippen LogP contribution in [0.4, 0.5) is 5.69 Å². The Morgan fingerprint density at radius 2 is 1.32 bits per heavy atom. The van der Waals surface area contributed by atoms with Gasteiger partial charge in [-0.05, 0) is 28.8 Å². The molecule has 6 heteroatoms. The van der Waals surface area contributed by atoms with Crippen LogP contribution in [0, 0.1) is 10.1 Å². The zero-order valence-corrected chi connectivity index (χ0v) is 18.0. The molecular weight excluding hydrogens is 426 g/mol. The molecule has 0 N–H and O–H groups in total. The summed E-state index contributed by atoms with van der Waals surface area (Å²) in [5.41, 5.74) is 2.63. The number of fused-ring (bicyclic) bond motifs is 2. The van der Waals surface area contributed by atoms with Crippen molar-refractivity contribution in [2.75, 3.05) is 0 Å². The average molecular weight is 445 g/mol. The van der Waals surface area contributed by atoms with Gasteiger partial charge in [0.1, 0.15) is 11.2 Å². The van der Waals surface area contributed by atoms with Crippen molar-refractivity contribution in [3.05, 3.63) is 152 Å². The normalized spacial score (nSPS) is 15.9. The lowest BCUT2D eigenvalue weighted by atomic mass is 9.61. The van der Waals surface area contributed by atoms with Gasteiger partial charge in [0.15, 0.2) is 0 Å². The summed E-state index contributed by atoms with van der Waals surface area (Å²) in [6.07, 6.45) is 0. The van der Waals surface area contributed by atoms with Gasteiger partial charge in [-0.1, -0.05) is 84.9 Å². The molecule has 0 fully saturated rings. The molecule has 2 heterocycles. The molecule has 1 aromatic heterocycles. The molecule has 0 bridgehead atoms. The van der Waals surface area contributed by atoms with Crippen molar-refractivity contribution in [2.45, 2.75) is 11.5 Å². The van der Waals surface area contributed by atoms with E-state index in [2.05, 4.69) is 24.3 Å². The van der Waals surface area contributed by atoms with E-state index in [-0.39, 0.29) is 11.2 Å². The summed E-state index contributed by atoms with van der Waals surface area (Å²) < 4.78 is 1.74. The van der Waals surface area contributed by atoms with Crippen LogP contribution in [-0.4, -0.2) is 14.5 Å². The lowest BCUT2D eigenvalue weighted by Crippen LogP contribution is -2.57. The van der Waals surface area contributed by atoms with Gasteiger partial charge in [-0.15, -0.1) is 0 Å². The highest BCUT2D eigenvalue weighted by atomic mass is 16.6. The Kier molecular flexibility index (Phi) is 4.42. The summed E-state index contributed by atoms with van der Waals surface area (Å²) in [7, 11) is 0. The molecule has 0 amide bonds. The summed E-state index contributed by atoms with van der Waals surface area (Å²) in [6.45, 7) is 0. The van der Waals surface area contributed by atoms with Crippen LogP contribution >= 0.6 is 0 Å². The standard InChI is InChI=1S/C28H19N3O3/c32-26-23-13-7-8-14-24(23)29-27-28(20-9-3-1-4-10-20,21-11-5-2-6-12-21)25(30(26)27)19-15-17-22(18-16-19)31(33)34/h1-18,25H. The largest absolute Gasteiger partial charge is 0.286 e. The summed E-state index contributed by atoms with van der Waals surface area (Å²) in [4.78, 5) is 29.6. The monoisotopic (exact) mass is 445 g/mol. The van der Waals surface area contributed by atoms with Crippen molar-refractivity contribution in [3.8, 4) is 0 Å². The quantitative estimate of drug-likeness (QED) is 0.280. The van der Waals surface area contributed by atoms with Gasteiger partial charge in [-0.2, -0.15) is 0 Å². The molecule has 34 heavy (non-hydrogen) atoms. The minimum atomic E-state index is -0.734. The first kappa shape index (κ1) is 20.1. The van der Waals surface area contributed by atoms with E-state index in [0.29, 0.717) is 16.7 Å². The van der Waals surface area contributed by atoms with Gasteiger partial charge in [0.25, 0.3) is 11.2 Å². The summed E-state index contributed by atoms with van der Waals surface area (Å²) in [5.74, 6) is 0.664. The van der Waals surface area contributed by atoms with Crippen molar-refractivity contribution in [1.29, 1.82) is 0 Å². The summed E-state index contributed by atoms with van der Waals surface area (Å²) in [5, 5.41) is 11.8. The Morgan fingerprint density at radius 1 is 0.765 bits per heavy atom. The van der Waals surface area contributed by atoms with Gasteiger partial charge < -0.3 is 0 Å². The first-order chi connectivity index (χ1) is 16.6. The number of hydrogen-bond donors (Lipinski definition) is 0. The predicted octanol–water partition coefficient (Wildman–Crippen LogP) is 5.24. The maximum atomic E-state index is 13.7. The molecule has 0 radical (unpaired) electrons. The van der Waals surface area contributed by atoms with Crippen molar-refractivity contribution in [3.63, 3.8) is 0 Å². The molecule has 0 saturated heterocycles. The molecule has 1 unspecified atom stereocenters. The Labute approximate surface area is 194 Å². The molecule has 1 atom stereocenters. The highest BCUT2D eigenvalue weighted by molar-refractivity contribution is 5.79. The zero-order valence-electron chi connectivity index (χ0n) is 18.0. The van der Waals surface area contributed by atoms with Crippen LogP contribution in [-0.2, 0) is 5.41 Å². The molecule has 5 aromatic rings. The van der Waals surface area contributed by atoms with Gasteiger partial charge in [0, 0.05) is 12.1 Å². The summed E-state index contributed by atoms with van der Waals surface area (Å²) in [6, 6.07) is 33.5. The third kappa shape index (κ3) is 2.69. The van der Waals surface area contributed by atoms with Gasteiger partial charge in [-0.25, -0.2) is 4.98 Å². The number of para-hydroxylation sites is 1. The summed E-state index contributed by atoms with van der Waals surface area (Å²) >= 11 is 0. The second kappa shape index (κ2) is 7.49. The number of non-ortho nitro benzene ring substituents is 1. The Hall–Kier alpha value is -4.58. The van der Waals surface area contributed by atoms with Crippen molar-refractivity contribution in [2.24, 2.45) is 0 Å². The molecule has 6 nitrogen and oxygen atoms in total. The molecule has 6 rings (SSSR count). The second-order valence-corrected chi connectivity index (χ2v) is 8.42. The minimum absolute atomic E-state index is 0.0114. The van der Waals surface area contributed by atoms with E-state index >= 15 is 0 Å². The maximum absolute atomic E-state index is 13.7. The number of benzene rings is 4. The van der Waals surface area contributed by atoms with Crippen LogP contribution in [0.25, 0.3) is 10.9 Å². The van der Waals surface area contributed by atoms with Gasteiger partial charge in [0.05, 0.1) is 21.9 Å². The number of rotatable bonds is 4. The van der Waals surface area contributed by atoms with E-state index in [1.807, 2.05) is 54.6 Å². The molecule has 4 aromatic carbocycles. The number of aromatic nitrogens is 2. The van der Waals surface area contributed by atoms with E-state index < -0.39 is 16.4 Å². The SMILES string of the molecule is O=c1c2ccccc2nc2n1C(c1ccc([N+](=O)[O-])cc1)C2(c1ccccc1)c1ccccc1. The third-order valence-electron chi connectivity index (χ3n) is 6.71. The van der Waals surface area contributed by atoms with Crippen LogP contribution < -0.4 is 5.56 Å². The predicted molar refractivity (Wildman–Crippen MR) is 130 cm³/mol. The molecule has 164 valence electrons. The topological polar surface area (TPSA) is 78.0 Å². The smallest absolute Gasteiger partial charge is 0.269 e.